The molecule has 5 rings (SSSR count). The molecule has 2 N–H and O–H groups in total. The highest BCUT2D eigenvalue weighted by atomic mass is 19.1. The number of rotatable bonds is 8. The number of halogens is 2. The molecule has 0 radical (unpaired) electrons. The molecule has 1 amide bonds. The Hall–Kier alpha value is -3.10. The first-order valence-corrected chi connectivity index (χ1v) is 12.8. The molecule has 1 saturated carbocycles. The van der Waals surface area contributed by atoms with Crippen LogP contribution in [0.3, 0.4) is 0 Å². The largest absolute Gasteiger partial charge is 0.345 e. The predicted molar refractivity (Wildman–Crippen MR) is 136 cm³/mol. The number of aromatic nitrogens is 1. The van der Waals surface area contributed by atoms with Crippen LogP contribution in [0.4, 0.5) is 8.78 Å². The van der Waals surface area contributed by atoms with Gasteiger partial charge in [-0.3, -0.25) is 14.5 Å². The van der Waals surface area contributed by atoms with Crippen LogP contribution in [0.2, 0.25) is 0 Å². The number of carbonyl (C=O) groups excluding carboxylic acids is 1. The van der Waals surface area contributed by atoms with Gasteiger partial charge in [-0.2, -0.15) is 0 Å². The van der Waals surface area contributed by atoms with Gasteiger partial charge in [-0.05, 0) is 48.9 Å². The Morgan fingerprint density at radius 2 is 1.89 bits per heavy atom. The van der Waals surface area contributed by atoms with Gasteiger partial charge in [-0.15, -0.1) is 0 Å². The molecule has 190 valence electrons. The van der Waals surface area contributed by atoms with Crippen molar-refractivity contribution in [2.45, 2.75) is 45.3 Å². The average Bonchev–Trinajstić information content (AvgIpc) is 3.71. The van der Waals surface area contributed by atoms with Crippen LogP contribution in [-0.2, 0) is 13.1 Å². The third kappa shape index (κ3) is 4.92. The van der Waals surface area contributed by atoms with Crippen LogP contribution >= 0.6 is 0 Å². The maximum absolute atomic E-state index is 15.0. The molecule has 2 fully saturated rings. The normalized spacial score (nSPS) is 17.3. The number of fused-ring (bicyclic) bond motifs is 1. The summed E-state index contributed by atoms with van der Waals surface area (Å²) >= 11 is 0. The SMILES string of the molecule is CCCn1c(CN2CCNCC2)c(C(=O)N[C@H](c2cccc(F)c2)C2CC2)c2cccc(F)c2c1=O. The lowest BCUT2D eigenvalue weighted by molar-refractivity contribution is 0.0929. The third-order valence-electron chi connectivity index (χ3n) is 7.20. The number of nitrogens with zero attached hydrogens (tertiary/aromatic N) is 2. The van der Waals surface area contributed by atoms with Crippen molar-refractivity contribution >= 4 is 16.7 Å². The van der Waals surface area contributed by atoms with Crippen LogP contribution in [-0.4, -0.2) is 41.6 Å². The summed E-state index contributed by atoms with van der Waals surface area (Å²) in [5.74, 6) is -1.12. The highest BCUT2D eigenvalue weighted by Gasteiger charge is 2.35. The van der Waals surface area contributed by atoms with Gasteiger partial charge < -0.3 is 15.2 Å². The topological polar surface area (TPSA) is 66.4 Å². The second kappa shape index (κ2) is 10.5. The molecule has 1 saturated heterocycles. The summed E-state index contributed by atoms with van der Waals surface area (Å²) < 4.78 is 30.6. The predicted octanol–water partition coefficient (Wildman–Crippen LogP) is 3.98. The lowest BCUT2D eigenvalue weighted by Crippen LogP contribution is -2.44. The molecule has 2 aliphatic rings. The monoisotopic (exact) mass is 494 g/mol. The van der Waals surface area contributed by atoms with Crippen LogP contribution in [0, 0.1) is 17.6 Å². The number of benzene rings is 2. The average molecular weight is 495 g/mol. The minimum Gasteiger partial charge on any atom is -0.345 e. The summed E-state index contributed by atoms with van der Waals surface area (Å²) in [6.07, 6.45) is 2.56. The number of hydrogen-bond acceptors (Lipinski definition) is 4. The van der Waals surface area contributed by atoms with Gasteiger partial charge in [0.05, 0.1) is 17.0 Å². The first kappa shape index (κ1) is 24.6. The lowest BCUT2D eigenvalue weighted by Gasteiger charge is -2.30. The van der Waals surface area contributed by atoms with E-state index < -0.39 is 11.4 Å². The second-order valence-electron chi connectivity index (χ2n) is 9.81. The Morgan fingerprint density at radius 1 is 1.14 bits per heavy atom. The van der Waals surface area contributed by atoms with Gasteiger partial charge in [0.2, 0.25) is 0 Å². The highest BCUT2D eigenvalue weighted by Crippen LogP contribution is 2.41. The molecule has 1 aliphatic heterocycles. The molecular weight excluding hydrogens is 462 g/mol. The standard InChI is InChI=1S/C28H32F2N4O2/c1-2-13-34-23(17-33-14-11-31-12-15-33)25(21-7-4-8-22(30)24(21)28(34)36)27(35)32-26(18-9-10-18)19-5-3-6-20(29)16-19/h3-8,16,18,26,31H,2,9-15,17H2,1H3,(H,32,35)/t26-/m0/s1. The molecule has 1 atom stereocenters. The minimum atomic E-state index is -0.631. The summed E-state index contributed by atoms with van der Waals surface area (Å²) in [5, 5.41) is 6.73. The molecule has 2 heterocycles. The van der Waals surface area contributed by atoms with E-state index in [1.807, 2.05) is 13.0 Å². The van der Waals surface area contributed by atoms with E-state index in [4.69, 9.17) is 0 Å². The van der Waals surface area contributed by atoms with Gasteiger partial charge in [0.25, 0.3) is 11.5 Å². The minimum absolute atomic E-state index is 0.0612. The quantitative estimate of drug-likeness (QED) is 0.497. The molecule has 1 aliphatic carbocycles. The van der Waals surface area contributed by atoms with Crippen molar-refractivity contribution in [1.29, 1.82) is 0 Å². The summed E-state index contributed by atoms with van der Waals surface area (Å²) in [4.78, 5) is 29.7. The molecule has 0 unspecified atom stereocenters. The molecule has 6 nitrogen and oxygen atoms in total. The lowest BCUT2D eigenvalue weighted by atomic mass is 9.98. The Balaban J connectivity index is 1.64. The zero-order chi connectivity index (χ0) is 25.2. The molecule has 1 aromatic heterocycles. The van der Waals surface area contributed by atoms with Crippen molar-refractivity contribution in [2.24, 2.45) is 5.92 Å². The summed E-state index contributed by atoms with van der Waals surface area (Å²) in [7, 11) is 0. The van der Waals surface area contributed by atoms with Crippen LogP contribution in [0.25, 0.3) is 10.8 Å². The molecule has 0 spiro atoms. The zero-order valence-corrected chi connectivity index (χ0v) is 20.5. The molecule has 8 heteroatoms. The maximum atomic E-state index is 15.0. The zero-order valence-electron chi connectivity index (χ0n) is 20.5. The summed E-state index contributed by atoms with van der Waals surface area (Å²) in [6.45, 7) is 5.99. The van der Waals surface area contributed by atoms with Gasteiger partial charge in [-0.25, -0.2) is 8.78 Å². The van der Waals surface area contributed by atoms with E-state index in [0.717, 1.165) is 39.0 Å². The Bertz CT molecular complexity index is 1330. The Labute approximate surface area is 209 Å². The van der Waals surface area contributed by atoms with Crippen molar-refractivity contribution in [3.8, 4) is 0 Å². The highest BCUT2D eigenvalue weighted by molar-refractivity contribution is 6.08. The number of piperazine rings is 1. The fourth-order valence-corrected chi connectivity index (χ4v) is 5.27. The molecular formula is C28H32F2N4O2. The van der Waals surface area contributed by atoms with Crippen molar-refractivity contribution < 1.29 is 13.6 Å². The molecule has 3 aromatic rings. The summed E-state index contributed by atoms with van der Waals surface area (Å²) in [5.41, 5.74) is 1.24. The van der Waals surface area contributed by atoms with E-state index in [9.17, 15) is 14.0 Å². The van der Waals surface area contributed by atoms with Gasteiger partial charge in [0.15, 0.2) is 0 Å². The molecule has 0 bridgehead atoms. The molecule has 36 heavy (non-hydrogen) atoms. The number of carbonyl (C=O) groups is 1. The van der Waals surface area contributed by atoms with Crippen molar-refractivity contribution in [2.75, 3.05) is 26.2 Å². The van der Waals surface area contributed by atoms with E-state index >= 15 is 4.39 Å². The first-order valence-electron chi connectivity index (χ1n) is 12.8. The van der Waals surface area contributed by atoms with Gasteiger partial charge in [0, 0.05) is 50.3 Å². The number of hydrogen-bond donors (Lipinski definition) is 2. The fourth-order valence-electron chi connectivity index (χ4n) is 5.27. The van der Waals surface area contributed by atoms with Crippen LogP contribution in [0.15, 0.2) is 47.3 Å². The smallest absolute Gasteiger partial charge is 0.261 e. The van der Waals surface area contributed by atoms with E-state index in [1.54, 1.807) is 16.7 Å². The van der Waals surface area contributed by atoms with E-state index in [-0.39, 0.29) is 29.1 Å². The van der Waals surface area contributed by atoms with Crippen molar-refractivity contribution in [3.63, 3.8) is 0 Å². The van der Waals surface area contributed by atoms with Crippen LogP contribution in [0.5, 0.6) is 0 Å². The second-order valence-corrected chi connectivity index (χ2v) is 9.81. The number of amides is 1. The Kier molecular flexibility index (Phi) is 7.16. The van der Waals surface area contributed by atoms with Crippen molar-refractivity contribution in [1.82, 2.24) is 20.1 Å². The van der Waals surface area contributed by atoms with Crippen LogP contribution in [0.1, 0.15) is 53.8 Å². The maximum Gasteiger partial charge on any atom is 0.261 e. The van der Waals surface area contributed by atoms with E-state index in [0.29, 0.717) is 41.7 Å². The van der Waals surface area contributed by atoms with E-state index in [2.05, 4.69) is 15.5 Å². The van der Waals surface area contributed by atoms with Gasteiger partial charge in [0.1, 0.15) is 11.6 Å². The van der Waals surface area contributed by atoms with Gasteiger partial charge in [-0.1, -0.05) is 31.2 Å². The Morgan fingerprint density at radius 3 is 2.58 bits per heavy atom. The molecule has 2 aromatic carbocycles. The van der Waals surface area contributed by atoms with Crippen LogP contribution < -0.4 is 16.2 Å². The van der Waals surface area contributed by atoms with Crippen molar-refractivity contribution in [3.05, 3.63) is 81.3 Å². The number of pyridine rings is 1. The first-order chi connectivity index (χ1) is 17.5. The third-order valence-corrected chi connectivity index (χ3v) is 7.20. The van der Waals surface area contributed by atoms with Gasteiger partial charge >= 0.3 is 0 Å². The fraction of sp³-hybridized carbons (Fsp3) is 0.429. The van der Waals surface area contributed by atoms with E-state index in [1.165, 1.54) is 24.3 Å². The number of nitrogens with one attached hydrogen (secondary N) is 2. The summed E-state index contributed by atoms with van der Waals surface area (Å²) in [6, 6.07) is 10.4.